The maximum absolute atomic E-state index is 5.93. The molecule has 2 heterocycles. The van der Waals surface area contributed by atoms with Gasteiger partial charge >= 0.3 is 0 Å². The number of hydrogen-bond acceptors (Lipinski definition) is 3. The SMILES string of the molecule is Clc1ccc(Cn2cnc3cc4c(cc32)OCCCO4)cc1. The Morgan fingerprint density at radius 3 is 2.55 bits per heavy atom. The van der Waals surface area contributed by atoms with Gasteiger partial charge in [-0.15, -0.1) is 0 Å². The van der Waals surface area contributed by atoms with Gasteiger partial charge in [-0.05, 0) is 17.7 Å². The van der Waals surface area contributed by atoms with Crippen LogP contribution in [0.25, 0.3) is 11.0 Å². The van der Waals surface area contributed by atoms with Gasteiger partial charge in [0.15, 0.2) is 11.5 Å². The number of imidazole rings is 1. The molecule has 0 saturated carbocycles. The summed E-state index contributed by atoms with van der Waals surface area (Å²) >= 11 is 5.93. The van der Waals surface area contributed by atoms with Gasteiger partial charge in [0.25, 0.3) is 0 Å². The van der Waals surface area contributed by atoms with E-state index in [2.05, 4.69) is 9.55 Å². The van der Waals surface area contributed by atoms with E-state index in [9.17, 15) is 0 Å². The summed E-state index contributed by atoms with van der Waals surface area (Å²) < 4.78 is 13.6. The monoisotopic (exact) mass is 314 g/mol. The van der Waals surface area contributed by atoms with Gasteiger partial charge < -0.3 is 14.0 Å². The Kier molecular flexibility index (Phi) is 3.39. The standard InChI is InChI=1S/C17H15ClN2O2/c18-13-4-2-12(3-5-13)10-20-11-19-14-8-16-17(9-15(14)20)22-7-1-6-21-16/h2-5,8-9,11H,1,6-7,10H2. The zero-order chi connectivity index (χ0) is 14.9. The van der Waals surface area contributed by atoms with Crippen molar-refractivity contribution in [2.75, 3.05) is 13.2 Å². The number of fused-ring (bicyclic) bond motifs is 2. The van der Waals surface area contributed by atoms with E-state index in [1.54, 1.807) is 0 Å². The molecule has 4 nitrogen and oxygen atoms in total. The van der Waals surface area contributed by atoms with Crippen molar-refractivity contribution < 1.29 is 9.47 Å². The molecular formula is C17H15ClN2O2. The molecule has 5 heteroatoms. The Bertz CT molecular complexity index is 811. The van der Waals surface area contributed by atoms with Crippen LogP contribution < -0.4 is 9.47 Å². The summed E-state index contributed by atoms with van der Waals surface area (Å²) in [4.78, 5) is 4.47. The average molecular weight is 315 g/mol. The minimum Gasteiger partial charge on any atom is -0.489 e. The first-order valence-electron chi connectivity index (χ1n) is 7.28. The van der Waals surface area contributed by atoms with Gasteiger partial charge in [-0.2, -0.15) is 0 Å². The molecule has 22 heavy (non-hydrogen) atoms. The van der Waals surface area contributed by atoms with Crippen molar-refractivity contribution in [2.24, 2.45) is 0 Å². The van der Waals surface area contributed by atoms with Crippen LogP contribution >= 0.6 is 11.6 Å². The fourth-order valence-corrected chi connectivity index (χ4v) is 2.75. The number of nitrogens with zero attached hydrogens (tertiary/aromatic N) is 2. The smallest absolute Gasteiger partial charge is 0.163 e. The molecule has 2 aromatic carbocycles. The number of rotatable bonds is 2. The highest BCUT2D eigenvalue weighted by Crippen LogP contribution is 2.33. The Morgan fingerprint density at radius 2 is 1.77 bits per heavy atom. The third-order valence-electron chi connectivity index (χ3n) is 3.76. The zero-order valence-electron chi connectivity index (χ0n) is 12.0. The van der Waals surface area contributed by atoms with Crippen LogP contribution in [0.5, 0.6) is 11.5 Å². The van der Waals surface area contributed by atoms with E-state index >= 15 is 0 Å². The van der Waals surface area contributed by atoms with Crippen LogP contribution in [0.1, 0.15) is 12.0 Å². The number of benzene rings is 2. The average Bonchev–Trinajstić information content (AvgIpc) is 2.76. The van der Waals surface area contributed by atoms with E-state index < -0.39 is 0 Å². The van der Waals surface area contributed by atoms with Crippen molar-refractivity contribution in [3.8, 4) is 11.5 Å². The number of halogens is 1. The van der Waals surface area contributed by atoms with Crippen molar-refractivity contribution in [1.82, 2.24) is 9.55 Å². The van der Waals surface area contributed by atoms with Crippen LogP contribution in [0.3, 0.4) is 0 Å². The molecule has 1 aromatic heterocycles. The molecule has 0 aliphatic carbocycles. The number of hydrogen-bond donors (Lipinski definition) is 0. The molecule has 1 aliphatic heterocycles. The minimum absolute atomic E-state index is 0.684. The molecule has 4 rings (SSSR count). The predicted molar refractivity (Wildman–Crippen MR) is 85.9 cm³/mol. The van der Waals surface area contributed by atoms with Gasteiger partial charge in [0.2, 0.25) is 0 Å². The first-order valence-corrected chi connectivity index (χ1v) is 7.66. The van der Waals surface area contributed by atoms with Crippen LogP contribution in [0.4, 0.5) is 0 Å². The topological polar surface area (TPSA) is 36.3 Å². The van der Waals surface area contributed by atoms with E-state index in [-0.39, 0.29) is 0 Å². The maximum Gasteiger partial charge on any atom is 0.163 e. The summed E-state index contributed by atoms with van der Waals surface area (Å²) in [5, 5.41) is 0.745. The minimum atomic E-state index is 0.684. The molecule has 0 radical (unpaired) electrons. The summed E-state index contributed by atoms with van der Waals surface area (Å²) in [7, 11) is 0. The van der Waals surface area contributed by atoms with Gasteiger partial charge in [-0.3, -0.25) is 0 Å². The highest BCUT2D eigenvalue weighted by Gasteiger charge is 2.14. The summed E-state index contributed by atoms with van der Waals surface area (Å²) in [6.07, 6.45) is 2.75. The molecule has 0 saturated heterocycles. The second kappa shape index (κ2) is 5.54. The van der Waals surface area contributed by atoms with Gasteiger partial charge in [-0.25, -0.2) is 4.98 Å². The Hall–Kier alpha value is -2.20. The van der Waals surface area contributed by atoms with Gasteiger partial charge in [-0.1, -0.05) is 23.7 Å². The first kappa shape index (κ1) is 13.5. The van der Waals surface area contributed by atoms with Crippen LogP contribution in [-0.2, 0) is 6.54 Å². The number of ether oxygens (including phenoxy) is 2. The third kappa shape index (κ3) is 2.50. The lowest BCUT2D eigenvalue weighted by Gasteiger charge is -2.09. The van der Waals surface area contributed by atoms with Crippen LogP contribution in [-0.4, -0.2) is 22.8 Å². The van der Waals surface area contributed by atoms with Crippen molar-refractivity contribution in [3.05, 3.63) is 53.3 Å². The van der Waals surface area contributed by atoms with Crippen molar-refractivity contribution in [1.29, 1.82) is 0 Å². The van der Waals surface area contributed by atoms with Crippen molar-refractivity contribution in [2.45, 2.75) is 13.0 Å². The second-order valence-electron chi connectivity index (χ2n) is 5.34. The summed E-state index contributed by atoms with van der Waals surface area (Å²) in [6.45, 7) is 2.11. The molecular weight excluding hydrogens is 300 g/mol. The highest BCUT2D eigenvalue weighted by atomic mass is 35.5. The molecule has 0 atom stereocenters. The Labute approximate surface area is 133 Å². The largest absolute Gasteiger partial charge is 0.489 e. The molecule has 0 amide bonds. The lowest BCUT2D eigenvalue weighted by Crippen LogP contribution is -1.98. The molecule has 0 fully saturated rings. The van der Waals surface area contributed by atoms with E-state index in [4.69, 9.17) is 21.1 Å². The highest BCUT2D eigenvalue weighted by molar-refractivity contribution is 6.30. The third-order valence-corrected chi connectivity index (χ3v) is 4.01. The predicted octanol–water partition coefficient (Wildman–Crippen LogP) is 3.90. The summed E-state index contributed by atoms with van der Waals surface area (Å²) in [5.74, 6) is 1.57. The van der Waals surface area contributed by atoms with E-state index in [1.807, 2.05) is 42.7 Å². The van der Waals surface area contributed by atoms with Crippen molar-refractivity contribution >= 4 is 22.6 Å². The quantitative estimate of drug-likeness (QED) is 0.720. The molecule has 0 N–H and O–H groups in total. The first-order chi connectivity index (χ1) is 10.8. The van der Waals surface area contributed by atoms with E-state index in [1.165, 1.54) is 5.56 Å². The summed E-state index contributed by atoms with van der Waals surface area (Å²) in [5.41, 5.74) is 3.13. The lowest BCUT2D eigenvalue weighted by molar-refractivity contribution is 0.297. The van der Waals surface area contributed by atoms with E-state index in [0.717, 1.165) is 40.5 Å². The van der Waals surface area contributed by atoms with Gasteiger partial charge in [0.1, 0.15) is 0 Å². The van der Waals surface area contributed by atoms with Crippen LogP contribution in [0.15, 0.2) is 42.7 Å². The molecule has 0 bridgehead atoms. The van der Waals surface area contributed by atoms with Gasteiger partial charge in [0.05, 0.1) is 30.6 Å². The molecule has 112 valence electrons. The maximum atomic E-state index is 5.93. The fourth-order valence-electron chi connectivity index (χ4n) is 2.63. The summed E-state index contributed by atoms with van der Waals surface area (Å²) in [6, 6.07) is 11.8. The van der Waals surface area contributed by atoms with Crippen molar-refractivity contribution in [3.63, 3.8) is 0 Å². The number of aromatic nitrogens is 2. The lowest BCUT2D eigenvalue weighted by atomic mass is 10.2. The fraction of sp³-hybridized carbons (Fsp3) is 0.235. The molecule has 0 unspecified atom stereocenters. The molecule has 0 spiro atoms. The Balaban J connectivity index is 1.72. The van der Waals surface area contributed by atoms with Gasteiger partial charge in [0, 0.05) is 30.1 Å². The van der Waals surface area contributed by atoms with Crippen LogP contribution in [0.2, 0.25) is 5.02 Å². The van der Waals surface area contributed by atoms with E-state index in [0.29, 0.717) is 13.2 Å². The Morgan fingerprint density at radius 1 is 1.05 bits per heavy atom. The van der Waals surface area contributed by atoms with Crippen LogP contribution in [0, 0.1) is 0 Å². The second-order valence-corrected chi connectivity index (χ2v) is 5.77. The molecule has 1 aliphatic rings. The normalized spacial score (nSPS) is 14.0. The zero-order valence-corrected chi connectivity index (χ0v) is 12.7. The molecule has 3 aromatic rings.